The van der Waals surface area contributed by atoms with Crippen molar-refractivity contribution in [3.63, 3.8) is 0 Å². The molecule has 1 aromatic carbocycles. The second-order valence-corrected chi connectivity index (χ2v) is 4.01. The van der Waals surface area contributed by atoms with Gasteiger partial charge in [-0.3, -0.25) is 0 Å². The average molecular weight is 226 g/mol. The van der Waals surface area contributed by atoms with E-state index in [1.807, 2.05) is 0 Å². The molecule has 0 spiro atoms. The van der Waals surface area contributed by atoms with Crippen LogP contribution in [0.3, 0.4) is 0 Å². The fourth-order valence-electron chi connectivity index (χ4n) is 1.29. The highest BCUT2D eigenvalue weighted by Crippen LogP contribution is 2.16. The van der Waals surface area contributed by atoms with Gasteiger partial charge in [-0.25, -0.2) is 0 Å². The molecule has 0 atom stereocenters. The molecule has 0 saturated carbocycles. The van der Waals surface area contributed by atoms with Crippen LogP contribution in [0.4, 0.5) is 0 Å². The molecule has 1 heteroatoms. The summed E-state index contributed by atoms with van der Waals surface area (Å²) in [6, 6.07) is 6.55. The van der Waals surface area contributed by atoms with Crippen molar-refractivity contribution in [1.82, 2.24) is 0 Å². The van der Waals surface area contributed by atoms with Gasteiger partial charge in [0.2, 0.25) is 0 Å². The molecule has 0 aliphatic rings. The van der Waals surface area contributed by atoms with Crippen molar-refractivity contribution in [2.75, 3.05) is 0 Å². The highest BCUT2D eigenvalue weighted by molar-refractivity contribution is 9.10. The maximum Gasteiger partial charge on any atom is 0.0180 e. The van der Waals surface area contributed by atoms with E-state index in [1.54, 1.807) is 0 Å². The van der Waals surface area contributed by atoms with Crippen LogP contribution in [0.2, 0.25) is 0 Å². The van der Waals surface area contributed by atoms with E-state index in [4.69, 9.17) is 0 Å². The topological polar surface area (TPSA) is 0 Å². The molecule has 0 heterocycles. The fourth-order valence-corrected chi connectivity index (χ4v) is 1.94. The van der Waals surface area contributed by atoms with Crippen molar-refractivity contribution in [2.45, 2.75) is 26.2 Å². The molecule has 0 unspecified atom stereocenters. The third kappa shape index (κ3) is 2.98. The molecule has 0 aromatic heterocycles. The Hall–Kier alpha value is -0.300. The lowest BCUT2D eigenvalue weighted by Gasteiger charge is -2.02. The van der Waals surface area contributed by atoms with Crippen molar-refractivity contribution in [3.05, 3.63) is 40.7 Å². The summed E-state index contributed by atoms with van der Waals surface area (Å²) >= 11 is 3.49. The molecule has 0 bridgehead atoms. The van der Waals surface area contributed by atoms with Gasteiger partial charge in [0.15, 0.2) is 0 Å². The first kappa shape index (κ1) is 9.79. The third-order valence-electron chi connectivity index (χ3n) is 1.82. The highest BCUT2D eigenvalue weighted by Gasteiger charge is 1.95. The van der Waals surface area contributed by atoms with E-state index in [1.165, 1.54) is 22.0 Å². The Balaban J connectivity index is 2.72. The zero-order valence-corrected chi connectivity index (χ0v) is 9.02. The Morgan fingerprint density at radius 3 is 2.67 bits per heavy atom. The van der Waals surface area contributed by atoms with Gasteiger partial charge >= 0.3 is 0 Å². The van der Waals surface area contributed by atoms with Crippen molar-refractivity contribution in [3.8, 4) is 0 Å². The largest absolute Gasteiger partial charge is 0.0560 e. The molecule has 0 aliphatic heterocycles. The number of unbranched alkanes of at least 4 members (excludes halogenated alkanes) is 1. The Kier molecular flexibility index (Phi) is 3.80. The van der Waals surface area contributed by atoms with Gasteiger partial charge in [-0.2, -0.15) is 0 Å². The second-order valence-electron chi connectivity index (χ2n) is 3.09. The fraction of sp³-hybridized carbons (Fsp3) is 0.364. The maximum absolute atomic E-state index is 3.83. The van der Waals surface area contributed by atoms with Gasteiger partial charge in [-0.15, -0.1) is 0 Å². The molecule has 0 N–H and O–H groups in total. The smallest absolute Gasteiger partial charge is 0.0180 e. The van der Waals surface area contributed by atoms with E-state index >= 15 is 0 Å². The molecule has 0 nitrogen and oxygen atoms in total. The molecular formula is C11H14Br. The summed E-state index contributed by atoms with van der Waals surface area (Å²) in [5.74, 6) is 0. The Morgan fingerprint density at radius 1 is 1.33 bits per heavy atom. The van der Waals surface area contributed by atoms with Crippen LogP contribution in [0, 0.1) is 13.8 Å². The lowest BCUT2D eigenvalue weighted by Crippen LogP contribution is -1.85. The van der Waals surface area contributed by atoms with E-state index in [0.29, 0.717) is 0 Å². The first-order chi connectivity index (χ1) is 5.72. The van der Waals surface area contributed by atoms with Gasteiger partial charge in [-0.1, -0.05) is 35.3 Å². The van der Waals surface area contributed by atoms with E-state index in [2.05, 4.69) is 48.0 Å². The molecule has 0 saturated heterocycles. The number of benzene rings is 1. The lowest BCUT2D eigenvalue weighted by molar-refractivity contribution is 0.839. The predicted molar refractivity (Wildman–Crippen MR) is 57.2 cm³/mol. The van der Waals surface area contributed by atoms with Crippen LogP contribution in [-0.4, -0.2) is 0 Å². The van der Waals surface area contributed by atoms with Crippen molar-refractivity contribution in [2.24, 2.45) is 0 Å². The van der Waals surface area contributed by atoms with Crippen LogP contribution in [-0.2, 0) is 6.42 Å². The van der Waals surface area contributed by atoms with Gasteiger partial charge < -0.3 is 0 Å². The second kappa shape index (κ2) is 4.66. The summed E-state index contributed by atoms with van der Waals surface area (Å²) in [5.41, 5.74) is 2.73. The van der Waals surface area contributed by atoms with E-state index in [-0.39, 0.29) is 0 Å². The molecule has 0 fully saturated rings. The first-order valence-electron chi connectivity index (χ1n) is 4.27. The zero-order chi connectivity index (χ0) is 8.97. The van der Waals surface area contributed by atoms with Crippen LogP contribution >= 0.6 is 15.9 Å². The summed E-state index contributed by atoms with van der Waals surface area (Å²) in [6.45, 7) is 5.96. The average Bonchev–Trinajstić information content (AvgIpc) is 1.99. The molecule has 1 aromatic rings. The third-order valence-corrected chi connectivity index (χ3v) is 2.28. The van der Waals surface area contributed by atoms with Crippen molar-refractivity contribution < 1.29 is 0 Å². The molecule has 0 amide bonds. The quantitative estimate of drug-likeness (QED) is 0.732. The number of aryl methyl sites for hydroxylation is 2. The monoisotopic (exact) mass is 225 g/mol. The van der Waals surface area contributed by atoms with Crippen LogP contribution in [0.1, 0.15) is 24.0 Å². The van der Waals surface area contributed by atoms with Gasteiger partial charge in [0, 0.05) is 4.47 Å². The maximum atomic E-state index is 3.83. The summed E-state index contributed by atoms with van der Waals surface area (Å²) < 4.78 is 1.18. The minimum atomic E-state index is 1.02. The van der Waals surface area contributed by atoms with Gasteiger partial charge in [0.05, 0.1) is 0 Å². The Bertz CT molecular complexity index is 233. The molecule has 1 rings (SSSR count). The molecule has 12 heavy (non-hydrogen) atoms. The van der Waals surface area contributed by atoms with Crippen LogP contribution < -0.4 is 0 Å². The minimum Gasteiger partial charge on any atom is -0.0560 e. The number of hydrogen-bond donors (Lipinski definition) is 0. The predicted octanol–water partition coefficient (Wildman–Crippen LogP) is 3.91. The van der Waals surface area contributed by atoms with Gasteiger partial charge in [0.25, 0.3) is 0 Å². The van der Waals surface area contributed by atoms with Crippen molar-refractivity contribution in [1.29, 1.82) is 0 Å². The first-order valence-corrected chi connectivity index (χ1v) is 5.07. The Labute approximate surface area is 83.1 Å². The zero-order valence-electron chi connectivity index (χ0n) is 7.44. The van der Waals surface area contributed by atoms with Gasteiger partial charge in [-0.05, 0) is 43.0 Å². The molecule has 0 aliphatic carbocycles. The van der Waals surface area contributed by atoms with Crippen LogP contribution in [0.25, 0.3) is 0 Å². The summed E-state index contributed by atoms with van der Waals surface area (Å²) in [5, 5.41) is 0. The van der Waals surface area contributed by atoms with E-state index in [9.17, 15) is 0 Å². The van der Waals surface area contributed by atoms with E-state index in [0.717, 1.165) is 12.8 Å². The summed E-state index contributed by atoms with van der Waals surface area (Å²) in [4.78, 5) is 0. The van der Waals surface area contributed by atoms with Crippen LogP contribution in [0.15, 0.2) is 22.7 Å². The van der Waals surface area contributed by atoms with Gasteiger partial charge in [0.1, 0.15) is 0 Å². The summed E-state index contributed by atoms with van der Waals surface area (Å²) in [6.07, 6.45) is 3.34. The van der Waals surface area contributed by atoms with Crippen molar-refractivity contribution >= 4 is 15.9 Å². The molecule has 65 valence electrons. The molecular weight excluding hydrogens is 212 g/mol. The van der Waals surface area contributed by atoms with E-state index < -0.39 is 0 Å². The number of rotatable bonds is 3. The lowest BCUT2D eigenvalue weighted by atomic mass is 10.1. The highest BCUT2D eigenvalue weighted by atomic mass is 79.9. The molecule has 1 radical (unpaired) electrons. The van der Waals surface area contributed by atoms with Crippen LogP contribution in [0.5, 0.6) is 0 Å². The number of halogens is 1. The standard InChI is InChI=1S/C11H14Br/c1-3-4-5-10-6-9(2)7-11(12)8-10/h6-8H,1,3-5H2,2H3. The number of hydrogen-bond acceptors (Lipinski definition) is 0. The minimum absolute atomic E-state index is 1.02. The summed E-state index contributed by atoms with van der Waals surface area (Å²) in [7, 11) is 0. The SMILES string of the molecule is [CH2]CCCc1cc(C)cc(Br)c1. The normalized spacial score (nSPS) is 10.2. The Morgan fingerprint density at radius 2 is 2.08 bits per heavy atom.